The van der Waals surface area contributed by atoms with Gasteiger partial charge >= 0.3 is 0 Å². The average molecular weight is 490 g/mol. The summed E-state index contributed by atoms with van der Waals surface area (Å²) >= 11 is 0. The van der Waals surface area contributed by atoms with Crippen LogP contribution in [0.4, 0.5) is 0 Å². The smallest absolute Gasteiger partial charge is 0.224 e. The zero-order chi connectivity index (χ0) is 25.1. The molecule has 190 valence electrons. The third-order valence-corrected chi connectivity index (χ3v) is 7.05. The lowest BCUT2D eigenvalue weighted by molar-refractivity contribution is -0.132. The van der Waals surface area contributed by atoms with Crippen molar-refractivity contribution in [2.24, 2.45) is 5.92 Å². The van der Waals surface area contributed by atoms with Crippen LogP contribution in [0.5, 0.6) is 11.5 Å². The quantitative estimate of drug-likeness (QED) is 0.481. The van der Waals surface area contributed by atoms with Gasteiger partial charge in [0.05, 0.1) is 25.5 Å². The molecule has 0 radical (unpaired) electrons. The predicted molar refractivity (Wildman–Crippen MR) is 138 cm³/mol. The summed E-state index contributed by atoms with van der Waals surface area (Å²) in [5.41, 5.74) is 6.44. The van der Waals surface area contributed by atoms with E-state index in [1.165, 1.54) is 5.56 Å². The van der Waals surface area contributed by atoms with Crippen molar-refractivity contribution in [1.29, 1.82) is 0 Å². The number of carbonyl (C=O) groups is 1. The van der Waals surface area contributed by atoms with Crippen LogP contribution in [0.15, 0.2) is 42.5 Å². The Kier molecular flexibility index (Phi) is 7.28. The summed E-state index contributed by atoms with van der Waals surface area (Å²) in [6, 6.07) is 14.6. The summed E-state index contributed by atoms with van der Waals surface area (Å²) in [6.45, 7) is 10.3. The van der Waals surface area contributed by atoms with Crippen molar-refractivity contribution < 1.29 is 19.0 Å². The molecule has 0 aliphatic carbocycles. The van der Waals surface area contributed by atoms with Crippen LogP contribution < -0.4 is 9.47 Å². The standard InChI is InChI=1S/C29H35N3O4/c1-20-6-4-5-7-26(20)24-15-25-17-31(28(33)8-10-32-22(3)14-21(2)30-32)11-13-35-29(25)27(16-24)36-19-23-9-12-34-18-23/h4-7,14-16,23H,8-13,17-19H2,1-3H3/t23-/m1/s1. The molecule has 0 spiro atoms. The van der Waals surface area contributed by atoms with Crippen molar-refractivity contribution in [2.45, 2.75) is 46.7 Å². The van der Waals surface area contributed by atoms with E-state index in [1.54, 1.807) is 0 Å². The van der Waals surface area contributed by atoms with E-state index in [0.717, 1.165) is 59.2 Å². The highest BCUT2D eigenvalue weighted by Crippen LogP contribution is 2.39. The first-order valence-corrected chi connectivity index (χ1v) is 12.8. The molecule has 1 saturated heterocycles. The molecule has 1 amide bonds. The number of amides is 1. The van der Waals surface area contributed by atoms with E-state index >= 15 is 0 Å². The van der Waals surface area contributed by atoms with E-state index in [2.05, 4.69) is 42.4 Å². The van der Waals surface area contributed by atoms with Gasteiger partial charge in [0.25, 0.3) is 0 Å². The third kappa shape index (κ3) is 5.41. The van der Waals surface area contributed by atoms with Crippen LogP contribution in [0.25, 0.3) is 11.1 Å². The Bertz CT molecular complexity index is 1230. The molecule has 7 nitrogen and oxygen atoms in total. The van der Waals surface area contributed by atoms with Gasteiger partial charge in [0, 0.05) is 43.3 Å². The second-order valence-electron chi connectivity index (χ2n) is 9.88. The van der Waals surface area contributed by atoms with Crippen molar-refractivity contribution in [3.8, 4) is 22.6 Å². The highest BCUT2D eigenvalue weighted by Gasteiger charge is 2.25. The van der Waals surface area contributed by atoms with Crippen molar-refractivity contribution in [3.63, 3.8) is 0 Å². The van der Waals surface area contributed by atoms with E-state index in [9.17, 15) is 4.79 Å². The van der Waals surface area contributed by atoms with Crippen molar-refractivity contribution in [2.75, 3.05) is 33.0 Å². The van der Waals surface area contributed by atoms with E-state index in [1.807, 2.05) is 35.6 Å². The normalized spacial score (nSPS) is 17.4. The number of aryl methyl sites for hydroxylation is 4. The number of aromatic nitrogens is 2. The predicted octanol–water partition coefficient (Wildman–Crippen LogP) is 4.70. The maximum atomic E-state index is 13.2. The van der Waals surface area contributed by atoms with Gasteiger partial charge in [-0.1, -0.05) is 24.3 Å². The number of nitrogens with zero attached hydrogens (tertiary/aromatic N) is 3. The van der Waals surface area contributed by atoms with Gasteiger partial charge in [-0.25, -0.2) is 0 Å². The number of hydrogen-bond acceptors (Lipinski definition) is 5. The maximum absolute atomic E-state index is 13.2. The van der Waals surface area contributed by atoms with Crippen LogP contribution in [0.3, 0.4) is 0 Å². The Morgan fingerprint density at radius 3 is 2.75 bits per heavy atom. The molecule has 0 unspecified atom stereocenters. The van der Waals surface area contributed by atoms with Crippen LogP contribution in [-0.4, -0.2) is 53.6 Å². The largest absolute Gasteiger partial charge is 0.489 e. The number of ether oxygens (including phenoxy) is 3. The molecule has 1 atom stereocenters. The first-order chi connectivity index (χ1) is 17.5. The first kappa shape index (κ1) is 24.4. The van der Waals surface area contributed by atoms with Crippen LogP contribution in [-0.2, 0) is 22.6 Å². The van der Waals surface area contributed by atoms with E-state index in [4.69, 9.17) is 14.2 Å². The Labute approximate surface area is 213 Å². The molecular weight excluding hydrogens is 454 g/mol. The molecule has 2 aliphatic heterocycles. The molecule has 36 heavy (non-hydrogen) atoms. The summed E-state index contributed by atoms with van der Waals surface area (Å²) < 4.78 is 20.0. The molecule has 2 aromatic carbocycles. The monoisotopic (exact) mass is 489 g/mol. The van der Waals surface area contributed by atoms with E-state index in [-0.39, 0.29) is 5.91 Å². The number of carbonyl (C=O) groups excluding carboxylic acids is 1. The van der Waals surface area contributed by atoms with E-state index in [0.29, 0.717) is 45.2 Å². The SMILES string of the molecule is Cc1cc(C)n(CCC(=O)N2CCOc3c(cc(-c4ccccc4C)cc3OC[C@@H]3CCOC3)C2)n1. The summed E-state index contributed by atoms with van der Waals surface area (Å²) in [5, 5.41) is 4.50. The van der Waals surface area contributed by atoms with Crippen LogP contribution >= 0.6 is 0 Å². The first-order valence-electron chi connectivity index (χ1n) is 12.8. The minimum Gasteiger partial charge on any atom is -0.489 e. The lowest BCUT2D eigenvalue weighted by atomic mass is 9.97. The Balaban J connectivity index is 1.40. The van der Waals surface area contributed by atoms with Crippen molar-refractivity contribution in [3.05, 3.63) is 65.0 Å². The fraction of sp³-hybridized carbons (Fsp3) is 0.448. The number of rotatable bonds is 7. The second-order valence-corrected chi connectivity index (χ2v) is 9.88. The van der Waals surface area contributed by atoms with E-state index < -0.39 is 0 Å². The molecule has 0 saturated carbocycles. The highest BCUT2D eigenvalue weighted by atomic mass is 16.5. The lowest BCUT2D eigenvalue weighted by Gasteiger charge is -2.21. The molecule has 0 bridgehead atoms. The van der Waals surface area contributed by atoms with Crippen LogP contribution in [0, 0.1) is 26.7 Å². The van der Waals surface area contributed by atoms with Crippen molar-refractivity contribution >= 4 is 5.91 Å². The summed E-state index contributed by atoms with van der Waals surface area (Å²) in [4.78, 5) is 15.1. The summed E-state index contributed by atoms with van der Waals surface area (Å²) in [6.07, 6.45) is 1.41. The Hall–Kier alpha value is -3.32. The highest BCUT2D eigenvalue weighted by molar-refractivity contribution is 5.77. The molecule has 2 aliphatic rings. The minimum absolute atomic E-state index is 0.103. The zero-order valence-corrected chi connectivity index (χ0v) is 21.5. The second kappa shape index (κ2) is 10.7. The lowest BCUT2D eigenvalue weighted by Crippen LogP contribution is -2.33. The molecule has 3 heterocycles. The number of benzene rings is 2. The molecule has 5 rings (SSSR count). The van der Waals surface area contributed by atoms with Gasteiger partial charge in [0.15, 0.2) is 11.5 Å². The van der Waals surface area contributed by atoms with Gasteiger partial charge in [-0.3, -0.25) is 9.48 Å². The molecule has 0 N–H and O–H groups in total. The van der Waals surface area contributed by atoms with Gasteiger partial charge in [-0.2, -0.15) is 5.10 Å². The number of hydrogen-bond donors (Lipinski definition) is 0. The third-order valence-electron chi connectivity index (χ3n) is 7.05. The summed E-state index contributed by atoms with van der Waals surface area (Å²) in [5.74, 6) is 1.99. The maximum Gasteiger partial charge on any atom is 0.224 e. The van der Waals surface area contributed by atoms with Crippen LogP contribution in [0.1, 0.15) is 35.4 Å². The summed E-state index contributed by atoms with van der Waals surface area (Å²) in [7, 11) is 0. The van der Waals surface area contributed by atoms with Gasteiger partial charge in [0.2, 0.25) is 5.91 Å². The van der Waals surface area contributed by atoms with Gasteiger partial charge in [-0.15, -0.1) is 0 Å². The van der Waals surface area contributed by atoms with Crippen molar-refractivity contribution in [1.82, 2.24) is 14.7 Å². The molecule has 3 aromatic rings. The molecule has 7 heteroatoms. The fourth-order valence-electron chi connectivity index (χ4n) is 5.04. The van der Waals surface area contributed by atoms with Gasteiger partial charge in [0.1, 0.15) is 6.61 Å². The topological polar surface area (TPSA) is 65.8 Å². The zero-order valence-electron chi connectivity index (χ0n) is 21.5. The van der Waals surface area contributed by atoms with Crippen LogP contribution in [0.2, 0.25) is 0 Å². The molecule has 1 aromatic heterocycles. The molecule has 1 fully saturated rings. The van der Waals surface area contributed by atoms with Gasteiger partial charge in [-0.05, 0) is 62.1 Å². The minimum atomic E-state index is 0.103. The number of fused-ring (bicyclic) bond motifs is 1. The fourth-order valence-corrected chi connectivity index (χ4v) is 5.04. The Morgan fingerprint density at radius 2 is 2.00 bits per heavy atom. The Morgan fingerprint density at radius 1 is 1.14 bits per heavy atom. The molecular formula is C29H35N3O4. The van der Waals surface area contributed by atoms with Gasteiger partial charge < -0.3 is 19.1 Å². The average Bonchev–Trinajstić information content (AvgIpc) is 3.43.